The van der Waals surface area contributed by atoms with Gasteiger partial charge in [0.25, 0.3) is 5.91 Å². The van der Waals surface area contributed by atoms with Gasteiger partial charge < -0.3 is 20.7 Å². The predicted molar refractivity (Wildman–Crippen MR) is 62.9 cm³/mol. The molecule has 0 aliphatic carbocycles. The van der Waals surface area contributed by atoms with Gasteiger partial charge in [0.2, 0.25) is 0 Å². The Morgan fingerprint density at radius 1 is 1.53 bits per heavy atom. The third-order valence-corrected chi connectivity index (χ3v) is 2.35. The van der Waals surface area contributed by atoms with Crippen molar-refractivity contribution < 1.29 is 14.4 Å². The number of nitrogens with one attached hydrogen (secondary N) is 1. The molecule has 1 atom stereocenters. The first-order valence-electron chi connectivity index (χ1n) is 5.30. The molecule has 0 radical (unpaired) electrons. The van der Waals surface area contributed by atoms with Crippen molar-refractivity contribution in [1.29, 1.82) is 0 Å². The van der Waals surface area contributed by atoms with E-state index in [1.54, 1.807) is 19.1 Å². The number of amidine groups is 1. The average Bonchev–Trinajstić information content (AvgIpc) is 2.71. The fraction of sp³-hybridized carbons (Fsp3) is 0.455. The van der Waals surface area contributed by atoms with E-state index < -0.39 is 6.04 Å². The Kier molecular flexibility index (Phi) is 4.14. The molecular formula is C11H17N3O3. The maximum Gasteiger partial charge on any atom is 0.287 e. The first-order chi connectivity index (χ1) is 7.95. The molecular weight excluding hydrogens is 222 g/mol. The van der Waals surface area contributed by atoms with Crippen LogP contribution in [0.15, 0.2) is 21.7 Å². The van der Waals surface area contributed by atoms with Crippen LogP contribution in [0.5, 0.6) is 0 Å². The van der Waals surface area contributed by atoms with Crippen LogP contribution in [0.2, 0.25) is 0 Å². The van der Waals surface area contributed by atoms with Crippen LogP contribution in [0.1, 0.15) is 30.2 Å². The Morgan fingerprint density at radius 3 is 2.59 bits per heavy atom. The van der Waals surface area contributed by atoms with E-state index in [1.807, 2.05) is 13.8 Å². The van der Waals surface area contributed by atoms with E-state index in [-0.39, 0.29) is 23.4 Å². The lowest BCUT2D eigenvalue weighted by Gasteiger charge is -2.20. The van der Waals surface area contributed by atoms with Crippen molar-refractivity contribution in [1.82, 2.24) is 5.32 Å². The lowest BCUT2D eigenvalue weighted by molar-refractivity contribution is 0.0909. The largest absolute Gasteiger partial charge is 0.456 e. The summed E-state index contributed by atoms with van der Waals surface area (Å²) in [6.07, 6.45) is 0. The lowest BCUT2D eigenvalue weighted by atomic mass is 10.0. The minimum absolute atomic E-state index is 0.00547. The smallest absolute Gasteiger partial charge is 0.287 e. The van der Waals surface area contributed by atoms with E-state index in [0.717, 1.165) is 0 Å². The molecule has 4 N–H and O–H groups in total. The monoisotopic (exact) mass is 239 g/mol. The third-order valence-electron chi connectivity index (χ3n) is 2.35. The minimum Gasteiger partial charge on any atom is -0.456 e. The summed E-state index contributed by atoms with van der Waals surface area (Å²) in [7, 11) is 0. The highest BCUT2D eigenvalue weighted by atomic mass is 16.4. The van der Waals surface area contributed by atoms with Gasteiger partial charge in [-0.1, -0.05) is 19.0 Å². The SMILES string of the molecule is Cc1ccc(C(=O)NC(C(N)=NO)C(C)C)o1. The second-order valence-electron chi connectivity index (χ2n) is 4.13. The van der Waals surface area contributed by atoms with E-state index in [0.29, 0.717) is 5.76 Å². The Bertz CT molecular complexity index is 423. The maximum atomic E-state index is 11.8. The molecule has 0 aliphatic heterocycles. The number of amides is 1. The number of carbonyl (C=O) groups excluding carboxylic acids is 1. The van der Waals surface area contributed by atoms with E-state index in [4.69, 9.17) is 15.4 Å². The van der Waals surface area contributed by atoms with Crippen LogP contribution >= 0.6 is 0 Å². The summed E-state index contributed by atoms with van der Waals surface area (Å²) < 4.78 is 5.18. The molecule has 17 heavy (non-hydrogen) atoms. The van der Waals surface area contributed by atoms with Crippen molar-refractivity contribution in [3.8, 4) is 0 Å². The third kappa shape index (κ3) is 3.24. The first-order valence-corrected chi connectivity index (χ1v) is 5.30. The molecule has 0 saturated heterocycles. The van der Waals surface area contributed by atoms with E-state index in [9.17, 15) is 4.79 Å². The van der Waals surface area contributed by atoms with Gasteiger partial charge >= 0.3 is 0 Å². The molecule has 0 aromatic carbocycles. The molecule has 1 amide bonds. The van der Waals surface area contributed by atoms with Crippen molar-refractivity contribution in [2.75, 3.05) is 0 Å². The van der Waals surface area contributed by atoms with Crippen LogP contribution in [0.25, 0.3) is 0 Å². The number of rotatable bonds is 4. The summed E-state index contributed by atoms with van der Waals surface area (Å²) in [6, 6.07) is 2.75. The molecule has 0 saturated carbocycles. The normalized spacial score (nSPS) is 13.8. The molecule has 0 bridgehead atoms. The maximum absolute atomic E-state index is 11.8. The topological polar surface area (TPSA) is 101 Å². The molecule has 1 rings (SSSR count). The standard InChI is InChI=1S/C11H17N3O3/c1-6(2)9(10(12)14-16)13-11(15)8-5-4-7(3)17-8/h4-6,9,16H,1-3H3,(H2,12,14)(H,13,15). The lowest BCUT2D eigenvalue weighted by Crippen LogP contribution is -2.47. The van der Waals surface area contributed by atoms with Crippen LogP contribution in [-0.2, 0) is 0 Å². The molecule has 1 aromatic heterocycles. The van der Waals surface area contributed by atoms with Crippen molar-refractivity contribution >= 4 is 11.7 Å². The quantitative estimate of drug-likeness (QED) is 0.317. The number of nitrogens with zero attached hydrogens (tertiary/aromatic N) is 1. The number of oxime groups is 1. The number of hydrogen-bond donors (Lipinski definition) is 3. The summed E-state index contributed by atoms with van der Waals surface area (Å²) in [4.78, 5) is 11.8. The van der Waals surface area contributed by atoms with Gasteiger partial charge in [-0.05, 0) is 25.0 Å². The Balaban J connectivity index is 2.78. The zero-order valence-electron chi connectivity index (χ0n) is 10.1. The van der Waals surface area contributed by atoms with E-state index >= 15 is 0 Å². The Morgan fingerprint density at radius 2 is 2.18 bits per heavy atom. The highest BCUT2D eigenvalue weighted by molar-refractivity contribution is 5.96. The van der Waals surface area contributed by atoms with Crippen LogP contribution in [0, 0.1) is 12.8 Å². The fourth-order valence-corrected chi connectivity index (χ4v) is 1.41. The number of hydrogen-bond acceptors (Lipinski definition) is 4. The van der Waals surface area contributed by atoms with Gasteiger partial charge in [0.05, 0.1) is 6.04 Å². The van der Waals surface area contributed by atoms with Crippen LogP contribution in [0.4, 0.5) is 0 Å². The van der Waals surface area contributed by atoms with Crippen LogP contribution < -0.4 is 11.1 Å². The Labute approximate surface area is 99.5 Å². The van der Waals surface area contributed by atoms with E-state index in [1.165, 1.54) is 0 Å². The minimum atomic E-state index is -0.530. The van der Waals surface area contributed by atoms with Gasteiger partial charge in [-0.15, -0.1) is 0 Å². The van der Waals surface area contributed by atoms with Crippen LogP contribution in [0.3, 0.4) is 0 Å². The molecule has 0 aliphatic rings. The van der Waals surface area contributed by atoms with Gasteiger partial charge in [-0.3, -0.25) is 4.79 Å². The summed E-state index contributed by atoms with van der Waals surface area (Å²) in [5.74, 6) is 0.449. The Hall–Kier alpha value is -1.98. The van der Waals surface area contributed by atoms with E-state index in [2.05, 4.69) is 10.5 Å². The van der Waals surface area contributed by atoms with Gasteiger partial charge in [0.1, 0.15) is 5.76 Å². The number of aryl methyl sites for hydroxylation is 1. The zero-order valence-corrected chi connectivity index (χ0v) is 10.1. The molecule has 1 aromatic rings. The van der Waals surface area contributed by atoms with Crippen molar-refractivity contribution in [3.05, 3.63) is 23.7 Å². The second-order valence-corrected chi connectivity index (χ2v) is 4.13. The van der Waals surface area contributed by atoms with Crippen molar-refractivity contribution in [3.63, 3.8) is 0 Å². The summed E-state index contributed by atoms with van der Waals surface area (Å²) in [5.41, 5.74) is 5.50. The van der Waals surface area contributed by atoms with Gasteiger partial charge in [0, 0.05) is 0 Å². The second kappa shape index (κ2) is 5.38. The van der Waals surface area contributed by atoms with Crippen molar-refractivity contribution in [2.45, 2.75) is 26.8 Å². The molecule has 0 spiro atoms. The molecule has 1 heterocycles. The number of nitrogens with two attached hydrogens (primary N) is 1. The number of furan rings is 1. The predicted octanol–water partition coefficient (Wildman–Crippen LogP) is 1.09. The molecule has 1 unspecified atom stereocenters. The first kappa shape index (κ1) is 13.1. The zero-order chi connectivity index (χ0) is 13.0. The van der Waals surface area contributed by atoms with Gasteiger partial charge in [-0.2, -0.15) is 0 Å². The molecule has 6 nitrogen and oxygen atoms in total. The molecule has 6 heteroatoms. The molecule has 0 fully saturated rings. The summed E-state index contributed by atoms with van der Waals surface area (Å²) in [5, 5.41) is 14.2. The summed E-state index contributed by atoms with van der Waals surface area (Å²) >= 11 is 0. The number of carbonyl (C=O) groups is 1. The van der Waals surface area contributed by atoms with Gasteiger partial charge in [0.15, 0.2) is 11.6 Å². The fourth-order valence-electron chi connectivity index (χ4n) is 1.41. The highest BCUT2D eigenvalue weighted by Crippen LogP contribution is 2.08. The van der Waals surface area contributed by atoms with Crippen LogP contribution in [-0.4, -0.2) is 23.0 Å². The molecule has 94 valence electrons. The average molecular weight is 239 g/mol. The highest BCUT2D eigenvalue weighted by Gasteiger charge is 2.22. The summed E-state index contributed by atoms with van der Waals surface area (Å²) in [6.45, 7) is 5.47. The van der Waals surface area contributed by atoms with Gasteiger partial charge in [-0.25, -0.2) is 0 Å². The van der Waals surface area contributed by atoms with Crippen molar-refractivity contribution in [2.24, 2.45) is 16.8 Å².